The van der Waals surface area contributed by atoms with Gasteiger partial charge in [-0.15, -0.1) is 0 Å². The molecular formula is C26H20ClN5O2. The van der Waals surface area contributed by atoms with Crippen LogP contribution < -0.4 is 5.32 Å². The number of carbonyl (C=O) groups excluding carboxylic acids is 1. The van der Waals surface area contributed by atoms with Crippen LogP contribution in [0.2, 0.25) is 5.02 Å². The van der Waals surface area contributed by atoms with Gasteiger partial charge in [0.15, 0.2) is 11.7 Å². The van der Waals surface area contributed by atoms with E-state index in [4.69, 9.17) is 21.0 Å². The van der Waals surface area contributed by atoms with Crippen LogP contribution in [0.4, 0.5) is 5.69 Å². The van der Waals surface area contributed by atoms with Crippen LogP contribution in [0.25, 0.3) is 28.3 Å². The summed E-state index contributed by atoms with van der Waals surface area (Å²) in [4.78, 5) is 21.5. The molecule has 0 bridgehead atoms. The van der Waals surface area contributed by atoms with Crippen molar-refractivity contribution in [1.29, 1.82) is 0 Å². The Labute approximate surface area is 201 Å². The molecule has 7 nitrogen and oxygen atoms in total. The first-order valence-corrected chi connectivity index (χ1v) is 11.1. The van der Waals surface area contributed by atoms with Gasteiger partial charge in [0.05, 0.1) is 11.4 Å². The third kappa shape index (κ3) is 4.74. The number of aromatic nitrogens is 4. The quantitative estimate of drug-likeness (QED) is 0.325. The number of benzene rings is 3. The summed E-state index contributed by atoms with van der Waals surface area (Å²) in [5.41, 5.74) is 3.86. The fourth-order valence-corrected chi connectivity index (χ4v) is 3.79. The molecule has 5 rings (SSSR count). The number of rotatable bonds is 7. The Bertz CT molecular complexity index is 1340. The molecule has 0 unspecified atom stereocenters. The van der Waals surface area contributed by atoms with Gasteiger partial charge in [-0.2, -0.15) is 5.10 Å². The topological polar surface area (TPSA) is 85.8 Å². The van der Waals surface area contributed by atoms with Crippen molar-refractivity contribution in [3.63, 3.8) is 0 Å². The van der Waals surface area contributed by atoms with Crippen molar-refractivity contribution in [3.8, 4) is 28.3 Å². The summed E-state index contributed by atoms with van der Waals surface area (Å²) in [6, 6.07) is 24.9. The summed E-state index contributed by atoms with van der Waals surface area (Å²) in [5, 5.41) is 7.55. The summed E-state index contributed by atoms with van der Waals surface area (Å²) in [6.45, 7) is 0. The molecule has 1 N–H and O–H groups in total. The van der Waals surface area contributed by atoms with Gasteiger partial charge in [-0.1, -0.05) is 72.3 Å². The minimum atomic E-state index is -0.190. The van der Waals surface area contributed by atoms with Crippen molar-refractivity contribution in [3.05, 3.63) is 102 Å². The fourth-order valence-electron chi connectivity index (χ4n) is 3.62. The molecule has 0 aliphatic rings. The Morgan fingerprint density at radius 1 is 0.971 bits per heavy atom. The average Bonchev–Trinajstić information content (AvgIpc) is 3.55. The van der Waals surface area contributed by atoms with Crippen molar-refractivity contribution in [2.75, 3.05) is 5.32 Å². The molecule has 0 spiro atoms. The van der Waals surface area contributed by atoms with Crippen LogP contribution in [-0.4, -0.2) is 25.7 Å². The van der Waals surface area contributed by atoms with Gasteiger partial charge < -0.3 is 9.73 Å². The van der Waals surface area contributed by atoms with Crippen LogP contribution in [-0.2, 0) is 11.2 Å². The smallest absolute Gasteiger partial charge is 0.224 e. The highest BCUT2D eigenvalue weighted by molar-refractivity contribution is 6.31. The molecule has 0 atom stereocenters. The zero-order valence-corrected chi connectivity index (χ0v) is 18.8. The Balaban J connectivity index is 1.36. The Morgan fingerprint density at radius 2 is 1.71 bits per heavy atom. The predicted molar refractivity (Wildman–Crippen MR) is 131 cm³/mol. The van der Waals surface area contributed by atoms with E-state index >= 15 is 0 Å². The van der Waals surface area contributed by atoms with E-state index in [9.17, 15) is 4.79 Å². The molecule has 1 amide bonds. The van der Waals surface area contributed by atoms with Crippen LogP contribution in [0.15, 0.2) is 95.9 Å². The maximum Gasteiger partial charge on any atom is 0.224 e. The van der Waals surface area contributed by atoms with E-state index in [1.165, 1.54) is 6.33 Å². The zero-order valence-electron chi connectivity index (χ0n) is 18.1. The molecule has 2 heterocycles. The first-order valence-electron chi connectivity index (χ1n) is 10.7. The molecule has 0 radical (unpaired) electrons. The van der Waals surface area contributed by atoms with E-state index in [-0.39, 0.29) is 12.3 Å². The van der Waals surface area contributed by atoms with E-state index in [0.717, 1.165) is 16.8 Å². The average molecular weight is 470 g/mol. The molecule has 0 aliphatic heterocycles. The highest BCUT2D eigenvalue weighted by Crippen LogP contribution is 2.33. The second-order valence-electron chi connectivity index (χ2n) is 7.57. The van der Waals surface area contributed by atoms with E-state index in [1.54, 1.807) is 29.2 Å². The van der Waals surface area contributed by atoms with Gasteiger partial charge in [0.25, 0.3) is 0 Å². The number of amides is 1. The van der Waals surface area contributed by atoms with Gasteiger partial charge in [-0.25, -0.2) is 14.6 Å². The molecule has 0 fully saturated rings. The van der Waals surface area contributed by atoms with E-state index in [1.807, 2.05) is 60.7 Å². The fraction of sp³-hybridized carbons (Fsp3) is 0.0769. The monoisotopic (exact) mass is 469 g/mol. The predicted octanol–water partition coefficient (Wildman–Crippen LogP) is 5.81. The van der Waals surface area contributed by atoms with Crippen molar-refractivity contribution in [1.82, 2.24) is 19.7 Å². The lowest BCUT2D eigenvalue weighted by Crippen LogP contribution is -2.14. The second-order valence-corrected chi connectivity index (χ2v) is 8.00. The molecule has 3 aromatic carbocycles. The summed E-state index contributed by atoms with van der Waals surface area (Å²) >= 11 is 6.15. The largest absolute Gasteiger partial charge is 0.440 e. The number of carbonyl (C=O) groups is 1. The first-order chi connectivity index (χ1) is 16.7. The number of aryl methyl sites for hydroxylation is 1. The number of oxazole rings is 1. The molecule has 0 saturated carbocycles. The van der Waals surface area contributed by atoms with Crippen molar-refractivity contribution in [2.24, 2.45) is 0 Å². The lowest BCUT2D eigenvalue weighted by atomic mass is 10.1. The third-order valence-electron chi connectivity index (χ3n) is 5.22. The van der Waals surface area contributed by atoms with Crippen LogP contribution in [0.3, 0.4) is 0 Å². The van der Waals surface area contributed by atoms with E-state index in [2.05, 4.69) is 15.4 Å². The standard InChI is InChI=1S/C26H20ClN5O2/c27-20-11-12-22(32-17-28-16-29-32)21(15-20)30-23(33)13-14-24-31-25(18-7-3-1-4-8-18)26(34-24)19-9-5-2-6-10-19/h1-12,15-17H,13-14H2,(H,30,33). The SMILES string of the molecule is O=C(CCc1nc(-c2ccccc2)c(-c2ccccc2)o1)Nc1cc(Cl)ccc1-n1cncn1. The molecule has 34 heavy (non-hydrogen) atoms. The summed E-state index contributed by atoms with van der Waals surface area (Å²) in [5.74, 6) is 0.991. The van der Waals surface area contributed by atoms with Crippen molar-refractivity contribution < 1.29 is 9.21 Å². The molecule has 8 heteroatoms. The minimum absolute atomic E-state index is 0.187. The van der Waals surface area contributed by atoms with Crippen molar-refractivity contribution >= 4 is 23.2 Å². The first kappa shape index (κ1) is 21.6. The van der Waals surface area contributed by atoms with E-state index < -0.39 is 0 Å². The van der Waals surface area contributed by atoms with Gasteiger partial charge in [0.1, 0.15) is 18.3 Å². The van der Waals surface area contributed by atoms with Crippen LogP contribution >= 0.6 is 11.6 Å². The number of nitrogens with one attached hydrogen (secondary N) is 1. The molecule has 2 aromatic heterocycles. The lowest BCUT2D eigenvalue weighted by molar-refractivity contribution is -0.116. The Morgan fingerprint density at radius 3 is 2.41 bits per heavy atom. The molecule has 168 valence electrons. The highest BCUT2D eigenvalue weighted by Gasteiger charge is 2.18. The van der Waals surface area contributed by atoms with Crippen LogP contribution in [0.1, 0.15) is 12.3 Å². The maximum atomic E-state index is 12.8. The van der Waals surface area contributed by atoms with Crippen LogP contribution in [0.5, 0.6) is 0 Å². The molecule has 0 saturated heterocycles. The summed E-state index contributed by atoms with van der Waals surface area (Å²) in [6.07, 6.45) is 3.52. The number of hydrogen-bond donors (Lipinski definition) is 1. The number of nitrogens with zero attached hydrogens (tertiary/aromatic N) is 4. The molecular weight excluding hydrogens is 450 g/mol. The number of hydrogen-bond acceptors (Lipinski definition) is 5. The summed E-state index contributed by atoms with van der Waals surface area (Å²) in [7, 11) is 0. The van der Waals surface area contributed by atoms with Gasteiger partial charge in [0, 0.05) is 29.0 Å². The number of halogens is 1. The van der Waals surface area contributed by atoms with Gasteiger partial charge in [0.2, 0.25) is 5.91 Å². The minimum Gasteiger partial charge on any atom is -0.440 e. The summed E-state index contributed by atoms with van der Waals surface area (Å²) < 4.78 is 7.69. The highest BCUT2D eigenvalue weighted by atomic mass is 35.5. The molecule has 5 aromatic rings. The van der Waals surface area contributed by atoms with Gasteiger partial charge >= 0.3 is 0 Å². The number of anilines is 1. The van der Waals surface area contributed by atoms with Gasteiger partial charge in [-0.3, -0.25) is 4.79 Å². The molecule has 0 aliphatic carbocycles. The zero-order chi connectivity index (χ0) is 23.3. The van der Waals surface area contributed by atoms with Crippen molar-refractivity contribution in [2.45, 2.75) is 12.8 Å². The van der Waals surface area contributed by atoms with Gasteiger partial charge in [-0.05, 0) is 18.2 Å². The third-order valence-corrected chi connectivity index (χ3v) is 5.45. The Hall–Kier alpha value is -4.23. The lowest BCUT2D eigenvalue weighted by Gasteiger charge is -2.11. The van der Waals surface area contributed by atoms with Crippen LogP contribution in [0, 0.1) is 0 Å². The second kappa shape index (κ2) is 9.72. The normalized spacial score (nSPS) is 10.9. The van der Waals surface area contributed by atoms with E-state index in [0.29, 0.717) is 34.5 Å². The Kier molecular flexibility index (Phi) is 6.18. The maximum absolute atomic E-state index is 12.8.